The van der Waals surface area contributed by atoms with E-state index in [-0.39, 0.29) is 0 Å². The second-order valence-electron chi connectivity index (χ2n) is 14.4. The van der Waals surface area contributed by atoms with Gasteiger partial charge in [-0.05, 0) is 109 Å². The molecule has 258 valence electrons. The minimum absolute atomic E-state index is 0.640. The summed E-state index contributed by atoms with van der Waals surface area (Å²) in [6.45, 7) is 0. The molecule has 4 heterocycles. The first kappa shape index (κ1) is 30.8. The number of fused-ring (bicyclic) bond motifs is 12. The minimum Gasteiger partial charge on any atom is -0.309 e. The standard InChI is InChI=1S/C50H27N5S/c51-28-30-14-18-45-37(22-30)35-10-4-7-13-44(35)54(45)33-16-20-49-41(24-33)42-25-34(17-21-50(42)56-49)55-46-19-15-31(29-52)23-38(46)40-27-47-39(26-48(40)55)36-11-5-6-12-43(36)53(47)32-8-2-1-3-9-32/h1-27H. The van der Waals surface area contributed by atoms with Gasteiger partial charge in [-0.3, -0.25) is 0 Å². The topological polar surface area (TPSA) is 62.4 Å². The Hall–Kier alpha value is -7.64. The lowest BCUT2D eigenvalue weighted by Gasteiger charge is -2.10. The fourth-order valence-corrected chi connectivity index (χ4v) is 10.1. The molecule has 0 aliphatic heterocycles. The Morgan fingerprint density at radius 2 is 0.750 bits per heavy atom. The normalized spacial score (nSPS) is 11.9. The fraction of sp³-hybridized carbons (Fsp3) is 0. The highest BCUT2D eigenvalue weighted by Gasteiger charge is 2.20. The van der Waals surface area contributed by atoms with E-state index in [0.29, 0.717) is 11.1 Å². The van der Waals surface area contributed by atoms with Crippen molar-refractivity contribution >= 4 is 96.9 Å². The maximum Gasteiger partial charge on any atom is 0.0991 e. The van der Waals surface area contributed by atoms with E-state index in [1.165, 1.54) is 30.9 Å². The van der Waals surface area contributed by atoms with Crippen LogP contribution in [0.5, 0.6) is 0 Å². The monoisotopic (exact) mass is 729 g/mol. The summed E-state index contributed by atoms with van der Waals surface area (Å²) < 4.78 is 9.48. The zero-order valence-electron chi connectivity index (χ0n) is 29.7. The highest BCUT2D eigenvalue weighted by Crippen LogP contribution is 2.42. The third-order valence-electron chi connectivity index (χ3n) is 11.5. The predicted molar refractivity (Wildman–Crippen MR) is 232 cm³/mol. The number of hydrogen-bond acceptors (Lipinski definition) is 3. The van der Waals surface area contributed by atoms with Gasteiger partial charge in [0.15, 0.2) is 0 Å². The fourth-order valence-electron chi connectivity index (χ4n) is 9.04. The predicted octanol–water partition coefficient (Wildman–Crippen LogP) is 13.1. The number of hydrogen-bond donors (Lipinski definition) is 0. The van der Waals surface area contributed by atoms with Gasteiger partial charge in [-0.15, -0.1) is 11.3 Å². The van der Waals surface area contributed by atoms with Crippen molar-refractivity contribution in [3.05, 3.63) is 175 Å². The van der Waals surface area contributed by atoms with Gasteiger partial charge in [0.1, 0.15) is 0 Å². The highest BCUT2D eigenvalue weighted by molar-refractivity contribution is 7.25. The molecule has 0 aliphatic rings. The Balaban J connectivity index is 1.12. The maximum absolute atomic E-state index is 10.0. The molecule has 8 aromatic carbocycles. The molecule has 6 heteroatoms. The Kier molecular flexibility index (Phi) is 6.28. The summed E-state index contributed by atoms with van der Waals surface area (Å²) in [5.74, 6) is 0. The first-order valence-corrected chi connectivity index (χ1v) is 19.4. The van der Waals surface area contributed by atoms with Gasteiger partial charge in [0.2, 0.25) is 0 Å². The van der Waals surface area contributed by atoms with E-state index in [9.17, 15) is 10.5 Å². The number of aromatic nitrogens is 3. The molecular formula is C50H27N5S. The molecule has 0 saturated heterocycles. The van der Waals surface area contributed by atoms with Crippen LogP contribution in [-0.2, 0) is 0 Å². The molecule has 0 atom stereocenters. The summed E-state index contributed by atoms with van der Waals surface area (Å²) in [5, 5.41) is 28.8. The summed E-state index contributed by atoms with van der Waals surface area (Å²) in [6, 6.07) is 62.5. The molecule has 56 heavy (non-hydrogen) atoms. The first-order valence-electron chi connectivity index (χ1n) is 18.5. The van der Waals surface area contributed by atoms with Crippen molar-refractivity contribution in [3.63, 3.8) is 0 Å². The Labute approximate surface area is 323 Å². The summed E-state index contributed by atoms with van der Waals surface area (Å²) in [6.07, 6.45) is 0. The highest BCUT2D eigenvalue weighted by atomic mass is 32.1. The summed E-state index contributed by atoms with van der Waals surface area (Å²) in [7, 11) is 0. The number of benzene rings is 8. The summed E-state index contributed by atoms with van der Waals surface area (Å²) in [5.41, 5.74) is 11.2. The van der Waals surface area contributed by atoms with Gasteiger partial charge in [0.25, 0.3) is 0 Å². The van der Waals surface area contributed by atoms with Crippen LogP contribution in [-0.4, -0.2) is 13.7 Å². The van der Waals surface area contributed by atoms with E-state index >= 15 is 0 Å². The molecular weight excluding hydrogens is 703 g/mol. The molecule has 0 N–H and O–H groups in total. The summed E-state index contributed by atoms with van der Waals surface area (Å²) >= 11 is 1.81. The Morgan fingerprint density at radius 1 is 0.321 bits per heavy atom. The number of nitrogens with zero attached hydrogens (tertiary/aromatic N) is 5. The van der Waals surface area contributed by atoms with Gasteiger partial charge < -0.3 is 13.7 Å². The van der Waals surface area contributed by atoms with Crippen LogP contribution in [0, 0.1) is 22.7 Å². The molecule has 0 aliphatic carbocycles. The second-order valence-corrected chi connectivity index (χ2v) is 15.5. The Bertz CT molecular complexity index is 3730. The number of rotatable bonds is 3. The van der Waals surface area contributed by atoms with Crippen LogP contribution in [0.1, 0.15) is 11.1 Å². The number of nitriles is 2. The van der Waals surface area contributed by atoms with Gasteiger partial charge in [-0.1, -0.05) is 54.6 Å². The van der Waals surface area contributed by atoms with Crippen LogP contribution >= 0.6 is 11.3 Å². The molecule has 12 rings (SSSR count). The lowest BCUT2D eigenvalue weighted by Crippen LogP contribution is -1.95. The van der Waals surface area contributed by atoms with Crippen LogP contribution in [0.2, 0.25) is 0 Å². The lowest BCUT2D eigenvalue weighted by molar-refractivity contribution is 1.18. The van der Waals surface area contributed by atoms with Crippen LogP contribution in [0.15, 0.2) is 164 Å². The minimum atomic E-state index is 0.640. The number of thiophene rings is 1. The van der Waals surface area contributed by atoms with E-state index < -0.39 is 0 Å². The third kappa shape index (κ3) is 4.22. The van der Waals surface area contributed by atoms with Crippen LogP contribution < -0.4 is 0 Å². The average molecular weight is 730 g/mol. The molecule has 0 unspecified atom stereocenters. The van der Waals surface area contributed by atoms with Crippen LogP contribution in [0.3, 0.4) is 0 Å². The van der Waals surface area contributed by atoms with E-state index in [1.807, 2.05) is 35.6 Å². The third-order valence-corrected chi connectivity index (χ3v) is 12.6. The van der Waals surface area contributed by atoms with Gasteiger partial charge in [-0.25, -0.2) is 0 Å². The van der Waals surface area contributed by atoms with Crippen molar-refractivity contribution < 1.29 is 0 Å². The van der Waals surface area contributed by atoms with Crippen molar-refractivity contribution in [1.82, 2.24) is 13.7 Å². The van der Waals surface area contributed by atoms with Gasteiger partial charge in [0, 0.05) is 69.6 Å². The molecule has 12 aromatic rings. The van der Waals surface area contributed by atoms with E-state index in [2.05, 4.69) is 165 Å². The zero-order chi connectivity index (χ0) is 37.1. The lowest BCUT2D eigenvalue weighted by atomic mass is 10.1. The van der Waals surface area contributed by atoms with Gasteiger partial charge >= 0.3 is 0 Å². The molecule has 0 spiro atoms. The second kappa shape index (κ2) is 11.4. The van der Waals surface area contributed by atoms with E-state index in [0.717, 1.165) is 71.7 Å². The van der Waals surface area contributed by atoms with Crippen molar-refractivity contribution in [1.29, 1.82) is 10.5 Å². The Morgan fingerprint density at radius 3 is 1.30 bits per heavy atom. The van der Waals surface area contributed by atoms with Crippen molar-refractivity contribution in [3.8, 4) is 29.2 Å². The number of para-hydroxylation sites is 3. The zero-order valence-corrected chi connectivity index (χ0v) is 30.5. The molecule has 0 saturated carbocycles. The molecule has 0 bridgehead atoms. The quantitative estimate of drug-likeness (QED) is 0.182. The molecule has 5 nitrogen and oxygen atoms in total. The average Bonchev–Trinajstić information content (AvgIpc) is 3.98. The first-order chi connectivity index (χ1) is 27.7. The summed E-state index contributed by atoms with van der Waals surface area (Å²) in [4.78, 5) is 0. The van der Waals surface area contributed by atoms with Crippen LogP contribution in [0.4, 0.5) is 0 Å². The molecule has 4 aromatic heterocycles. The largest absolute Gasteiger partial charge is 0.309 e. The SMILES string of the molecule is N#Cc1ccc2c(c1)c1ccccc1n2-c1ccc2sc3ccc(-n4c5ccc(C#N)cc5c5cc6c(cc54)c4ccccc4n6-c4ccccc4)cc3c2c1. The van der Waals surface area contributed by atoms with E-state index in [1.54, 1.807) is 0 Å². The van der Waals surface area contributed by atoms with Crippen LogP contribution in [0.25, 0.3) is 103 Å². The smallest absolute Gasteiger partial charge is 0.0991 e. The molecule has 0 amide bonds. The van der Waals surface area contributed by atoms with E-state index in [4.69, 9.17) is 0 Å². The van der Waals surface area contributed by atoms with Crippen molar-refractivity contribution in [2.45, 2.75) is 0 Å². The molecule has 0 radical (unpaired) electrons. The van der Waals surface area contributed by atoms with Crippen molar-refractivity contribution in [2.75, 3.05) is 0 Å². The van der Waals surface area contributed by atoms with Gasteiger partial charge in [0.05, 0.1) is 56.4 Å². The van der Waals surface area contributed by atoms with Crippen molar-refractivity contribution in [2.24, 2.45) is 0 Å². The van der Waals surface area contributed by atoms with Gasteiger partial charge in [-0.2, -0.15) is 10.5 Å². The maximum atomic E-state index is 10.0. The molecule has 0 fully saturated rings.